The molecule has 2 saturated heterocycles. The van der Waals surface area contributed by atoms with E-state index in [4.69, 9.17) is 4.74 Å². The molecule has 0 bridgehead atoms. The molecule has 29 heavy (non-hydrogen) atoms. The van der Waals surface area contributed by atoms with Gasteiger partial charge in [0.05, 0.1) is 12.8 Å². The summed E-state index contributed by atoms with van der Waals surface area (Å²) in [6, 6.07) is 12.5. The van der Waals surface area contributed by atoms with E-state index in [1.165, 1.54) is 31.4 Å². The van der Waals surface area contributed by atoms with Gasteiger partial charge in [-0.25, -0.2) is 14.1 Å². The van der Waals surface area contributed by atoms with Gasteiger partial charge in [0.25, 0.3) is 0 Å². The number of rotatable bonds is 3. The number of amides is 2. The zero-order valence-electron chi connectivity index (χ0n) is 16.4. The van der Waals surface area contributed by atoms with E-state index in [2.05, 4.69) is 0 Å². The summed E-state index contributed by atoms with van der Waals surface area (Å²) < 4.78 is 18.3. The van der Waals surface area contributed by atoms with Crippen molar-refractivity contribution in [3.05, 3.63) is 65.5 Å². The van der Waals surface area contributed by atoms with Gasteiger partial charge in [-0.3, -0.25) is 9.59 Å². The van der Waals surface area contributed by atoms with Crippen LogP contribution in [0.5, 0.6) is 0 Å². The molecule has 2 amide bonds. The first-order chi connectivity index (χ1) is 13.8. The minimum absolute atomic E-state index is 0.297. The number of esters is 1. The number of hydrogen-bond acceptors (Lipinski definition) is 4. The number of hydrogen-bond donors (Lipinski definition) is 1. The Morgan fingerprint density at radius 3 is 2.45 bits per heavy atom. The maximum atomic E-state index is 13.4. The Morgan fingerprint density at radius 2 is 1.83 bits per heavy atom. The molecule has 2 fully saturated rings. The van der Waals surface area contributed by atoms with Gasteiger partial charge in [-0.15, -0.1) is 0 Å². The molecule has 2 heterocycles. The highest BCUT2D eigenvalue weighted by atomic mass is 19.1. The number of ether oxygens (including phenoxy) is 1. The molecule has 0 aliphatic carbocycles. The normalized spacial score (nSPS) is 28.6. The second-order valence-corrected chi connectivity index (χ2v) is 7.87. The second-order valence-electron chi connectivity index (χ2n) is 7.87. The number of carbonyl (C=O) groups excluding carboxylic acids is 3. The van der Waals surface area contributed by atoms with E-state index in [1.54, 1.807) is 12.2 Å². The molecule has 0 saturated carbocycles. The number of imide groups is 1. The van der Waals surface area contributed by atoms with Crippen LogP contribution in [0.15, 0.2) is 48.5 Å². The maximum absolute atomic E-state index is 13.4. The minimum Gasteiger partial charge on any atom is -0.464 e. The van der Waals surface area contributed by atoms with Gasteiger partial charge in [0.1, 0.15) is 23.7 Å². The van der Waals surface area contributed by atoms with E-state index in [-0.39, 0.29) is 5.91 Å². The molecule has 0 aromatic heterocycles. The standard InChI is InChI=1S/C22H21FN2O4/c1-12-5-4-6-13(11-12)18-16-17(22(2,24-18)21(28)29-3)20(27)25(19(16)26)15-9-7-14(23)8-10-15/h4-11,16-18,24H,1-3H3/p+1/t16-,17-,18+,22-/m0/s1. The summed E-state index contributed by atoms with van der Waals surface area (Å²) in [5, 5.41) is 1.78. The molecule has 2 aliphatic rings. The number of carbonyl (C=O) groups is 3. The van der Waals surface area contributed by atoms with Gasteiger partial charge in [0.2, 0.25) is 17.4 Å². The van der Waals surface area contributed by atoms with Crippen LogP contribution in [0, 0.1) is 24.6 Å². The smallest absolute Gasteiger partial charge is 0.368 e. The molecule has 4 rings (SSSR count). The Hall–Kier alpha value is -3.06. The lowest BCUT2D eigenvalue weighted by molar-refractivity contribution is -0.730. The summed E-state index contributed by atoms with van der Waals surface area (Å²) in [5.41, 5.74) is 0.946. The summed E-state index contributed by atoms with van der Waals surface area (Å²) in [5.74, 6) is -3.47. The van der Waals surface area contributed by atoms with Crippen LogP contribution in [-0.4, -0.2) is 30.4 Å². The SMILES string of the molecule is COC(=O)[C@@]1(C)[NH2+][C@H](c2cccc(C)c2)[C@H]2C(=O)N(c3ccc(F)cc3)C(=O)[C@H]21. The molecule has 2 N–H and O–H groups in total. The predicted octanol–water partition coefficient (Wildman–Crippen LogP) is 1.49. The Labute approximate surface area is 167 Å². The zero-order valence-corrected chi connectivity index (χ0v) is 16.4. The molecule has 0 unspecified atom stereocenters. The van der Waals surface area contributed by atoms with Crippen molar-refractivity contribution in [1.29, 1.82) is 0 Å². The summed E-state index contributed by atoms with van der Waals surface area (Å²) in [6.45, 7) is 3.59. The molecule has 6 nitrogen and oxygen atoms in total. The van der Waals surface area contributed by atoms with Crippen molar-refractivity contribution in [2.24, 2.45) is 11.8 Å². The van der Waals surface area contributed by atoms with Gasteiger partial charge in [-0.05, 0) is 31.2 Å². The van der Waals surface area contributed by atoms with Gasteiger partial charge < -0.3 is 10.1 Å². The molecule has 2 aliphatic heterocycles. The molecular formula is C22H22FN2O4+. The highest BCUT2D eigenvalue weighted by molar-refractivity contribution is 6.23. The van der Waals surface area contributed by atoms with Crippen LogP contribution in [-0.2, 0) is 19.1 Å². The fourth-order valence-electron chi connectivity index (χ4n) is 4.70. The van der Waals surface area contributed by atoms with E-state index in [1.807, 2.05) is 31.2 Å². The number of quaternary nitrogens is 1. The summed E-state index contributed by atoms with van der Waals surface area (Å²) in [4.78, 5) is 40.5. The fourth-order valence-corrected chi connectivity index (χ4v) is 4.70. The molecule has 4 atom stereocenters. The fraction of sp³-hybridized carbons (Fsp3) is 0.318. The summed E-state index contributed by atoms with van der Waals surface area (Å²) in [7, 11) is 1.27. The Morgan fingerprint density at radius 1 is 1.14 bits per heavy atom. The molecule has 2 aromatic rings. The second kappa shape index (κ2) is 6.77. The Balaban J connectivity index is 1.83. The van der Waals surface area contributed by atoms with Crippen molar-refractivity contribution >= 4 is 23.5 Å². The molecule has 0 radical (unpaired) electrons. The van der Waals surface area contributed by atoms with Gasteiger partial charge >= 0.3 is 5.97 Å². The maximum Gasteiger partial charge on any atom is 0.368 e. The number of nitrogens with two attached hydrogens (primary N) is 1. The van der Waals surface area contributed by atoms with E-state index < -0.39 is 41.1 Å². The van der Waals surface area contributed by atoms with Crippen LogP contribution in [0.2, 0.25) is 0 Å². The third kappa shape index (κ3) is 2.84. The quantitative estimate of drug-likeness (QED) is 0.629. The van der Waals surface area contributed by atoms with Crippen LogP contribution < -0.4 is 10.2 Å². The summed E-state index contributed by atoms with van der Waals surface area (Å²) >= 11 is 0. The van der Waals surface area contributed by atoms with E-state index in [9.17, 15) is 18.8 Å². The predicted molar refractivity (Wildman–Crippen MR) is 102 cm³/mol. The lowest BCUT2D eigenvalue weighted by atomic mass is 9.80. The van der Waals surface area contributed by atoms with Crippen molar-refractivity contribution in [2.45, 2.75) is 25.4 Å². The topological polar surface area (TPSA) is 80.3 Å². The van der Waals surface area contributed by atoms with Crippen molar-refractivity contribution in [3.8, 4) is 0 Å². The van der Waals surface area contributed by atoms with E-state index in [0.29, 0.717) is 5.69 Å². The van der Waals surface area contributed by atoms with Gasteiger partial charge in [-0.1, -0.05) is 29.8 Å². The average molecular weight is 397 g/mol. The number of benzene rings is 2. The van der Waals surface area contributed by atoms with Crippen molar-refractivity contribution in [2.75, 3.05) is 12.0 Å². The first-order valence-corrected chi connectivity index (χ1v) is 9.42. The third-order valence-corrected chi connectivity index (χ3v) is 6.05. The first-order valence-electron chi connectivity index (χ1n) is 9.42. The average Bonchev–Trinajstić information content (AvgIpc) is 3.16. The van der Waals surface area contributed by atoms with Gasteiger partial charge in [0.15, 0.2) is 0 Å². The molecule has 2 aromatic carbocycles. The van der Waals surface area contributed by atoms with Gasteiger partial charge in [0, 0.05) is 12.5 Å². The number of anilines is 1. The highest BCUT2D eigenvalue weighted by Gasteiger charge is 2.70. The lowest BCUT2D eigenvalue weighted by Gasteiger charge is -2.25. The monoisotopic (exact) mass is 397 g/mol. The van der Waals surface area contributed by atoms with E-state index >= 15 is 0 Å². The minimum atomic E-state index is -1.24. The summed E-state index contributed by atoms with van der Waals surface area (Å²) in [6.07, 6.45) is 0. The van der Waals surface area contributed by atoms with E-state index in [0.717, 1.165) is 16.0 Å². The highest BCUT2D eigenvalue weighted by Crippen LogP contribution is 2.45. The van der Waals surface area contributed by atoms with Crippen LogP contribution in [0.25, 0.3) is 0 Å². The van der Waals surface area contributed by atoms with Crippen LogP contribution >= 0.6 is 0 Å². The third-order valence-electron chi connectivity index (χ3n) is 6.05. The van der Waals surface area contributed by atoms with Crippen molar-refractivity contribution in [3.63, 3.8) is 0 Å². The largest absolute Gasteiger partial charge is 0.464 e. The number of methoxy groups -OCH3 is 1. The molecule has 0 spiro atoms. The molecular weight excluding hydrogens is 375 g/mol. The number of nitrogens with zero attached hydrogens (tertiary/aromatic N) is 1. The number of aryl methyl sites for hydroxylation is 1. The van der Waals surface area contributed by atoms with Gasteiger partial charge in [-0.2, -0.15) is 0 Å². The van der Waals surface area contributed by atoms with Crippen molar-refractivity contribution in [1.82, 2.24) is 0 Å². The van der Waals surface area contributed by atoms with Crippen molar-refractivity contribution < 1.29 is 28.8 Å². The molecule has 150 valence electrons. The zero-order chi connectivity index (χ0) is 20.9. The van der Waals surface area contributed by atoms with Crippen LogP contribution in [0.4, 0.5) is 10.1 Å². The molecule has 7 heteroatoms. The Kier molecular flexibility index (Phi) is 4.50. The Bertz CT molecular complexity index is 1010. The number of fused-ring (bicyclic) bond motifs is 1. The number of halogens is 1. The van der Waals surface area contributed by atoms with Crippen LogP contribution in [0.1, 0.15) is 24.1 Å². The first kappa shape index (κ1) is 19.3. The van der Waals surface area contributed by atoms with Crippen LogP contribution in [0.3, 0.4) is 0 Å². The lowest BCUT2D eigenvalue weighted by Crippen LogP contribution is -2.97.